The van der Waals surface area contributed by atoms with E-state index in [1.165, 1.54) is 0 Å². The average molecular weight is 358 g/mol. The van der Waals surface area contributed by atoms with Gasteiger partial charge in [-0.25, -0.2) is 4.98 Å². The summed E-state index contributed by atoms with van der Waals surface area (Å²) in [6.07, 6.45) is 0.221. The summed E-state index contributed by atoms with van der Waals surface area (Å²) in [5, 5.41) is 7.45. The Labute approximate surface area is 155 Å². The first kappa shape index (κ1) is 16.8. The molecule has 0 spiro atoms. The molecule has 4 aromatic rings. The molecule has 0 bridgehead atoms. The van der Waals surface area contributed by atoms with Gasteiger partial charge in [0.05, 0.1) is 24.0 Å². The maximum Gasteiger partial charge on any atom is 0.246 e. The highest BCUT2D eigenvalue weighted by Crippen LogP contribution is 2.18. The SMILES string of the molecule is O=C(Cc1cccc2ccccc12)NCC(=O)Nc1nc2ccccc2[nH]1. The molecule has 0 unspecified atom stereocenters. The van der Waals surface area contributed by atoms with Crippen molar-refractivity contribution in [1.29, 1.82) is 0 Å². The van der Waals surface area contributed by atoms with Crippen molar-refractivity contribution in [3.05, 3.63) is 72.3 Å². The molecule has 27 heavy (non-hydrogen) atoms. The summed E-state index contributed by atoms with van der Waals surface area (Å²) in [7, 11) is 0. The molecule has 3 N–H and O–H groups in total. The summed E-state index contributed by atoms with van der Waals surface area (Å²) < 4.78 is 0. The van der Waals surface area contributed by atoms with Crippen LogP contribution in [0.4, 0.5) is 5.95 Å². The van der Waals surface area contributed by atoms with Crippen LogP contribution in [0.1, 0.15) is 5.56 Å². The number of imidazole rings is 1. The molecule has 0 saturated carbocycles. The first-order valence-corrected chi connectivity index (χ1v) is 8.67. The van der Waals surface area contributed by atoms with E-state index in [0.717, 1.165) is 27.4 Å². The van der Waals surface area contributed by atoms with E-state index in [4.69, 9.17) is 0 Å². The second-order valence-electron chi connectivity index (χ2n) is 6.24. The smallest absolute Gasteiger partial charge is 0.246 e. The third-order valence-electron chi connectivity index (χ3n) is 4.32. The molecule has 1 heterocycles. The Morgan fingerprint density at radius 2 is 1.67 bits per heavy atom. The summed E-state index contributed by atoms with van der Waals surface area (Å²) in [6.45, 7) is -0.110. The van der Waals surface area contributed by atoms with E-state index < -0.39 is 0 Å². The van der Waals surface area contributed by atoms with Crippen LogP contribution in [0.5, 0.6) is 0 Å². The summed E-state index contributed by atoms with van der Waals surface area (Å²) in [6, 6.07) is 21.3. The highest BCUT2D eigenvalue weighted by Gasteiger charge is 2.10. The molecular weight excluding hydrogens is 340 g/mol. The number of aromatic nitrogens is 2. The van der Waals surface area contributed by atoms with Crippen molar-refractivity contribution in [3.8, 4) is 0 Å². The molecule has 6 heteroatoms. The number of benzene rings is 3. The number of hydrogen-bond acceptors (Lipinski definition) is 3. The van der Waals surface area contributed by atoms with Gasteiger partial charge in [-0.2, -0.15) is 0 Å². The van der Waals surface area contributed by atoms with E-state index in [9.17, 15) is 9.59 Å². The van der Waals surface area contributed by atoms with Crippen molar-refractivity contribution in [2.45, 2.75) is 6.42 Å². The van der Waals surface area contributed by atoms with E-state index in [0.29, 0.717) is 5.95 Å². The van der Waals surface area contributed by atoms with Gasteiger partial charge in [-0.05, 0) is 28.5 Å². The third kappa shape index (κ3) is 3.79. The van der Waals surface area contributed by atoms with Crippen molar-refractivity contribution >= 4 is 39.6 Å². The van der Waals surface area contributed by atoms with Crippen LogP contribution in [0.15, 0.2) is 66.7 Å². The number of rotatable bonds is 5. The Kier molecular flexibility index (Phi) is 4.53. The van der Waals surface area contributed by atoms with Gasteiger partial charge in [0.1, 0.15) is 0 Å². The van der Waals surface area contributed by atoms with Crippen LogP contribution in [0.25, 0.3) is 21.8 Å². The molecule has 3 aromatic carbocycles. The largest absolute Gasteiger partial charge is 0.347 e. The topological polar surface area (TPSA) is 86.9 Å². The average Bonchev–Trinajstić information content (AvgIpc) is 3.09. The zero-order valence-corrected chi connectivity index (χ0v) is 14.5. The number of para-hydroxylation sites is 2. The Morgan fingerprint density at radius 1 is 0.889 bits per heavy atom. The second-order valence-corrected chi connectivity index (χ2v) is 6.24. The minimum absolute atomic E-state index is 0.110. The van der Waals surface area contributed by atoms with Gasteiger partial charge < -0.3 is 10.3 Å². The van der Waals surface area contributed by atoms with Crippen molar-refractivity contribution < 1.29 is 9.59 Å². The molecule has 0 aliphatic carbocycles. The molecule has 0 radical (unpaired) electrons. The molecule has 6 nitrogen and oxygen atoms in total. The molecule has 134 valence electrons. The zero-order valence-electron chi connectivity index (χ0n) is 14.5. The van der Waals surface area contributed by atoms with Gasteiger partial charge in [0.25, 0.3) is 0 Å². The normalized spacial score (nSPS) is 10.8. The first-order valence-electron chi connectivity index (χ1n) is 8.67. The molecule has 2 amide bonds. The number of nitrogens with zero attached hydrogens (tertiary/aromatic N) is 1. The highest BCUT2D eigenvalue weighted by molar-refractivity contribution is 5.95. The van der Waals surface area contributed by atoms with Crippen LogP contribution in [-0.4, -0.2) is 28.3 Å². The number of hydrogen-bond donors (Lipinski definition) is 3. The molecule has 0 aliphatic heterocycles. The molecule has 1 aromatic heterocycles. The molecular formula is C21H18N4O2. The lowest BCUT2D eigenvalue weighted by atomic mass is 10.0. The van der Waals surface area contributed by atoms with Crippen LogP contribution in [0, 0.1) is 0 Å². The lowest BCUT2D eigenvalue weighted by Crippen LogP contribution is -2.34. The second kappa shape index (κ2) is 7.29. The van der Waals surface area contributed by atoms with Crippen LogP contribution >= 0.6 is 0 Å². The number of aromatic amines is 1. The Hall–Kier alpha value is -3.67. The number of H-pyrrole nitrogens is 1. The molecule has 0 saturated heterocycles. The van der Waals surface area contributed by atoms with Crippen molar-refractivity contribution in [1.82, 2.24) is 15.3 Å². The van der Waals surface area contributed by atoms with Gasteiger partial charge in [-0.3, -0.25) is 14.9 Å². The summed E-state index contributed by atoms with van der Waals surface area (Å²) in [5.41, 5.74) is 2.55. The van der Waals surface area contributed by atoms with Gasteiger partial charge in [0, 0.05) is 0 Å². The fraction of sp³-hybridized carbons (Fsp3) is 0.0952. The van der Waals surface area contributed by atoms with E-state index >= 15 is 0 Å². The molecule has 0 atom stereocenters. The van der Waals surface area contributed by atoms with Gasteiger partial charge >= 0.3 is 0 Å². The lowest BCUT2D eigenvalue weighted by Gasteiger charge is -2.08. The Morgan fingerprint density at radius 3 is 2.56 bits per heavy atom. The predicted molar refractivity (Wildman–Crippen MR) is 105 cm³/mol. The van der Waals surface area contributed by atoms with E-state index in [2.05, 4.69) is 20.6 Å². The van der Waals surface area contributed by atoms with Gasteiger partial charge in [0.2, 0.25) is 17.8 Å². The third-order valence-corrected chi connectivity index (χ3v) is 4.32. The fourth-order valence-corrected chi connectivity index (χ4v) is 3.05. The van der Waals surface area contributed by atoms with E-state index in [1.54, 1.807) is 0 Å². The van der Waals surface area contributed by atoms with Crippen LogP contribution in [0.2, 0.25) is 0 Å². The number of anilines is 1. The lowest BCUT2D eigenvalue weighted by molar-refractivity contribution is -0.123. The van der Waals surface area contributed by atoms with Crippen LogP contribution in [-0.2, 0) is 16.0 Å². The van der Waals surface area contributed by atoms with Gasteiger partial charge in [-0.1, -0.05) is 54.6 Å². The van der Waals surface area contributed by atoms with Crippen LogP contribution < -0.4 is 10.6 Å². The van der Waals surface area contributed by atoms with Crippen molar-refractivity contribution in [3.63, 3.8) is 0 Å². The monoisotopic (exact) mass is 358 g/mol. The standard InChI is InChI=1S/C21H18N4O2/c26-19(12-15-8-5-7-14-6-1-2-9-16(14)15)22-13-20(27)25-21-23-17-10-3-4-11-18(17)24-21/h1-11H,12-13H2,(H,22,26)(H2,23,24,25,27). The zero-order chi connectivity index (χ0) is 18.6. The summed E-state index contributed by atoms with van der Waals surface area (Å²) >= 11 is 0. The fourth-order valence-electron chi connectivity index (χ4n) is 3.05. The number of carbonyl (C=O) groups is 2. The summed E-state index contributed by atoms with van der Waals surface area (Å²) in [4.78, 5) is 31.6. The van der Waals surface area contributed by atoms with Crippen LogP contribution in [0.3, 0.4) is 0 Å². The molecule has 0 aliphatic rings. The van der Waals surface area contributed by atoms with Gasteiger partial charge in [-0.15, -0.1) is 0 Å². The molecule has 4 rings (SSSR count). The first-order chi connectivity index (χ1) is 13.2. The number of amides is 2. The minimum Gasteiger partial charge on any atom is -0.347 e. The number of nitrogens with one attached hydrogen (secondary N) is 3. The van der Waals surface area contributed by atoms with Gasteiger partial charge in [0.15, 0.2) is 0 Å². The van der Waals surface area contributed by atoms with E-state index in [1.807, 2.05) is 66.7 Å². The minimum atomic E-state index is -0.333. The Bertz CT molecular complexity index is 1090. The van der Waals surface area contributed by atoms with E-state index in [-0.39, 0.29) is 24.8 Å². The Balaban J connectivity index is 1.35. The number of fused-ring (bicyclic) bond motifs is 2. The summed E-state index contributed by atoms with van der Waals surface area (Å²) in [5.74, 6) is -0.170. The number of carbonyl (C=O) groups excluding carboxylic acids is 2. The highest BCUT2D eigenvalue weighted by atomic mass is 16.2. The maximum absolute atomic E-state index is 12.2. The maximum atomic E-state index is 12.2. The quantitative estimate of drug-likeness (QED) is 0.512. The predicted octanol–water partition coefficient (Wildman–Crippen LogP) is 3.01. The molecule has 0 fully saturated rings. The van der Waals surface area contributed by atoms with Crippen molar-refractivity contribution in [2.75, 3.05) is 11.9 Å². The van der Waals surface area contributed by atoms with Crippen molar-refractivity contribution in [2.24, 2.45) is 0 Å².